The fourth-order valence-corrected chi connectivity index (χ4v) is 2.38. The molecule has 0 aromatic heterocycles. The Balaban J connectivity index is 2.82. The highest BCUT2D eigenvalue weighted by atomic mass is 19.1. The predicted molar refractivity (Wildman–Crippen MR) is 73.0 cm³/mol. The van der Waals surface area contributed by atoms with Gasteiger partial charge >= 0.3 is 0 Å². The molecular weight excluding hydrogens is 229 g/mol. The zero-order valence-electron chi connectivity index (χ0n) is 11.6. The maximum absolute atomic E-state index is 13.1. The SMILES string of the molecule is CCC(CC)N(CCO)Cc1ccc(F)cc1C. The van der Waals surface area contributed by atoms with Crippen molar-refractivity contribution in [1.29, 1.82) is 0 Å². The van der Waals surface area contributed by atoms with Gasteiger partial charge in [0, 0.05) is 19.1 Å². The van der Waals surface area contributed by atoms with Crippen LogP contribution in [0, 0.1) is 12.7 Å². The average Bonchev–Trinajstić information content (AvgIpc) is 2.34. The number of benzene rings is 1. The molecule has 102 valence electrons. The first-order valence-corrected chi connectivity index (χ1v) is 6.72. The van der Waals surface area contributed by atoms with E-state index in [4.69, 9.17) is 5.11 Å². The highest BCUT2D eigenvalue weighted by molar-refractivity contribution is 5.26. The summed E-state index contributed by atoms with van der Waals surface area (Å²) in [7, 11) is 0. The molecule has 1 aromatic rings. The van der Waals surface area contributed by atoms with Gasteiger partial charge in [0.25, 0.3) is 0 Å². The summed E-state index contributed by atoms with van der Waals surface area (Å²) < 4.78 is 13.1. The van der Waals surface area contributed by atoms with Crippen LogP contribution in [0.15, 0.2) is 18.2 Å². The summed E-state index contributed by atoms with van der Waals surface area (Å²) in [5.74, 6) is -0.188. The van der Waals surface area contributed by atoms with Crippen LogP contribution >= 0.6 is 0 Å². The summed E-state index contributed by atoms with van der Waals surface area (Å²) in [4.78, 5) is 2.28. The zero-order chi connectivity index (χ0) is 13.5. The molecule has 0 unspecified atom stereocenters. The first kappa shape index (κ1) is 15.1. The lowest BCUT2D eigenvalue weighted by Crippen LogP contribution is -2.36. The number of hydrogen-bond donors (Lipinski definition) is 1. The standard InChI is InChI=1S/C15H24FNO/c1-4-15(5-2)17(8-9-18)11-13-6-7-14(16)10-12(13)3/h6-7,10,15,18H,4-5,8-9,11H2,1-3H3. The molecule has 0 saturated heterocycles. The molecule has 1 rings (SSSR count). The normalized spacial score (nSPS) is 11.5. The molecule has 0 aliphatic carbocycles. The number of aryl methyl sites for hydroxylation is 1. The summed E-state index contributed by atoms with van der Waals surface area (Å²) in [5.41, 5.74) is 2.11. The third kappa shape index (κ3) is 4.07. The van der Waals surface area contributed by atoms with Gasteiger partial charge in [-0.3, -0.25) is 4.90 Å². The van der Waals surface area contributed by atoms with Gasteiger partial charge in [0.1, 0.15) is 5.82 Å². The van der Waals surface area contributed by atoms with E-state index in [1.807, 2.05) is 13.0 Å². The van der Waals surface area contributed by atoms with Crippen molar-refractivity contribution in [1.82, 2.24) is 4.90 Å². The van der Waals surface area contributed by atoms with E-state index in [9.17, 15) is 4.39 Å². The van der Waals surface area contributed by atoms with Crippen LogP contribution in [0.3, 0.4) is 0 Å². The predicted octanol–water partition coefficient (Wildman–Crippen LogP) is 3.12. The van der Waals surface area contributed by atoms with Crippen molar-refractivity contribution in [2.75, 3.05) is 13.2 Å². The van der Waals surface area contributed by atoms with E-state index in [0.717, 1.165) is 30.5 Å². The maximum atomic E-state index is 13.1. The monoisotopic (exact) mass is 253 g/mol. The molecule has 0 aliphatic rings. The Bertz CT molecular complexity index is 364. The smallest absolute Gasteiger partial charge is 0.123 e. The molecule has 0 saturated carbocycles. The van der Waals surface area contributed by atoms with Crippen LogP contribution in [0.2, 0.25) is 0 Å². The van der Waals surface area contributed by atoms with Gasteiger partial charge in [-0.05, 0) is 43.0 Å². The summed E-state index contributed by atoms with van der Waals surface area (Å²) in [6.45, 7) is 7.87. The molecule has 1 N–H and O–H groups in total. The molecule has 0 amide bonds. The zero-order valence-corrected chi connectivity index (χ0v) is 11.6. The van der Waals surface area contributed by atoms with Crippen molar-refractivity contribution >= 4 is 0 Å². The Morgan fingerprint density at radius 2 is 1.94 bits per heavy atom. The Kier molecular flexibility index (Phi) is 6.30. The fraction of sp³-hybridized carbons (Fsp3) is 0.600. The third-order valence-electron chi connectivity index (χ3n) is 3.52. The number of nitrogens with zero attached hydrogens (tertiary/aromatic N) is 1. The molecule has 0 aliphatic heterocycles. The summed E-state index contributed by atoms with van der Waals surface area (Å²) in [6.07, 6.45) is 2.13. The Morgan fingerprint density at radius 3 is 2.44 bits per heavy atom. The van der Waals surface area contributed by atoms with Crippen molar-refractivity contribution in [3.8, 4) is 0 Å². The third-order valence-corrected chi connectivity index (χ3v) is 3.52. The van der Waals surface area contributed by atoms with Crippen LogP contribution < -0.4 is 0 Å². The van der Waals surface area contributed by atoms with Crippen LogP contribution in [-0.4, -0.2) is 29.2 Å². The van der Waals surface area contributed by atoms with E-state index in [-0.39, 0.29) is 12.4 Å². The summed E-state index contributed by atoms with van der Waals surface area (Å²) in [6, 6.07) is 5.39. The largest absolute Gasteiger partial charge is 0.395 e. The van der Waals surface area contributed by atoms with Gasteiger partial charge in [0.2, 0.25) is 0 Å². The van der Waals surface area contributed by atoms with E-state index in [0.29, 0.717) is 12.6 Å². The van der Waals surface area contributed by atoms with Crippen LogP contribution in [-0.2, 0) is 6.54 Å². The van der Waals surface area contributed by atoms with Crippen LogP contribution in [0.25, 0.3) is 0 Å². The van der Waals surface area contributed by atoms with Crippen molar-refractivity contribution in [3.05, 3.63) is 35.1 Å². The van der Waals surface area contributed by atoms with Crippen LogP contribution in [0.1, 0.15) is 37.8 Å². The Morgan fingerprint density at radius 1 is 1.28 bits per heavy atom. The Labute approximate surface area is 109 Å². The average molecular weight is 253 g/mol. The van der Waals surface area contributed by atoms with Gasteiger partial charge in [0.05, 0.1) is 6.61 Å². The summed E-state index contributed by atoms with van der Waals surface area (Å²) >= 11 is 0. The van der Waals surface area contributed by atoms with Gasteiger partial charge in [-0.2, -0.15) is 0 Å². The lowest BCUT2D eigenvalue weighted by atomic mass is 10.1. The molecular formula is C15H24FNO. The second-order valence-electron chi connectivity index (χ2n) is 4.74. The molecule has 3 heteroatoms. The molecule has 0 atom stereocenters. The molecule has 0 bridgehead atoms. The molecule has 18 heavy (non-hydrogen) atoms. The first-order valence-electron chi connectivity index (χ1n) is 6.72. The molecule has 1 aromatic carbocycles. The minimum Gasteiger partial charge on any atom is -0.395 e. The minimum absolute atomic E-state index is 0.163. The van der Waals surface area contributed by atoms with Crippen LogP contribution in [0.4, 0.5) is 4.39 Å². The van der Waals surface area contributed by atoms with Gasteiger partial charge < -0.3 is 5.11 Å². The van der Waals surface area contributed by atoms with Gasteiger partial charge in [0.15, 0.2) is 0 Å². The lowest BCUT2D eigenvalue weighted by Gasteiger charge is -2.30. The summed E-state index contributed by atoms with van der Waals surface area (Å²) in [5, 5.41) is 9.17. The Hall–Kier alpha value is -0.930. The number of aliphatic hydroxyl groups excluding tert-OH is 1. The van der Waals surface area contributed by atoms with Gasteiger partial charge in [-0.25, -0.2) is 4.39 Å². The van der Waals surface area contributed by atoms with E-state index in [1.165, 1.54) is 6.07 Å². The minimum atomic E-state index is -0.188. The van der Waals surface area contributed by atoms with Gasteiger partial charge in [-0.1, -0.05) is 19.9 Å². The number of rotatable bonds is 7. The van der Waals surface area contributed by atoms with Crippen molar-refractivity contribution in [2.24, 2.45) is 0 Å². The van der Waals surface area contributed by atoms with E-state index >= 15 is 0 Å². The van der Waals surface area contributed by atoms with Crippen molar-refractivity contribution in [2.45, 2.75) is 46.2 Å². The van der Waals surface area contributed by atoms with E-state index in [2.05, 4.69) is 18.7 Å². The quantitative estimate of drug-likeness (QED) is 0.807. The molecule has 0 spiro atoms. The molecule has 2 nitrogen and oxygen atoms in total. The van der Waals surface area contributed by atoms with E-state index < -0.39 is 0 Å². The van der Waals surface area contributed by atoms with Gasteiger partial charge in [-0.15, -0.1) is 0 Å². The second kappa shape index (κ2) is 7.49. The van der Waals surface area contributed by atoms with E-state index in [1.54, 1.807) is 6.07 Å². The molecule has 0 fully saturated rings. The molecule has 0 radical (unpaired) electrons. The topological polar surface area (TPSA) is 23.5 Å². The fourth-order valence-electron chi connectivity index (χ4n) is 2.38. The number of halogens is 1. The first-order chi connectivity index (χ1) is 8.62. The van der Waals surface area contributed by atoms with Crippen molar-refractivity contribution < 1.29 is 9.50 Å². The number of hydrogen-bond acceptors (Lipinski definition) is 2. The van der Waals surface area contributed by atoms with Crippen LogP contribution in [0.5, 0.6) is 0 Å². The maximum Gasteiger partial charge on any atom is 0.123 e. The highest BCUT2D eigenvalue weighted by Crippen LogP contribution is 2.17. The lowest BCUT2D eigenvalue weighted by molar-refractivity contribution is 0.136. The second-order valence-corrected chi connectivity index (χ2v) is 4.74. The highest BCUT2D eigenvalue weighted by Gasteiger charge is 2.15. The number of aliphatic hydroxyl groups is 1. The van der Waals surface area contributed by atoms with Crippen molar-refractivity contribution in [3.63, 3.8) is 0 Å². The molecule has 0 heterocycles.